The van der Waals surface area contributed by atoms with Crippen LogP contribution in [0.25, 0.3) is 0 Å². The van der Waals surface area contributed by atoms with Crippen molar-refractivity contribution in [1.29, 1.82) is 0 Å². The summed E-state index contributed by atoms with van der Waals surface area (Å²) in [6.45, 7) is 9.22. The van der Waals surface area contributed by atoms with E-state index in [-0.39, 0.29) is 19.0 Å². The Morgan fingerprint density at radius 1 is 1.10 bits per heavy atom. The predicted molar refractivity (Wildman–Crippen MR) is 79.6 cm³/mol. The number of benzene rings is 1. The minimum Gasteiger partial charge on any atom is -1.00 e. The molecule has 0 aliphatic carbocycles. The van der Waals surface area contributed by atoms with E-state index in [0.29, 0.717) is 13.2 Å². The normalized spacial score (nSPS) is 10.2. The summed E-state index contributed by atoms with van der Waals surface area (Å²) >= 11 is 0. The maximum Gasteiger partial charge on any atom is 0.0698 e. The van der Waals surface area contributed by atoms with E-state index in [9.17, 15) is 0 Å². The van der Waals surface area contributed by atoms with Crippen LogP contribution >= 0.6 is 0 Å². The summed E-state index contributed by atoms with van der Waals surface area (Å²) in [6, 6.07) is 8.67. The summed E-state index contributed by atoms with van der Waals surface area (Å²) < 4.78 is 5.18. The predicted octanol–water partition coefficient (Wildman–Crippen LogP) is -1.36. The van der Waals surface area contributed by atoms with Crippen molar-refractivity contribution in [3.63, 3.8) is 0 Å². The number of ether oxygens (including phenoxy) is 1. The largest absolute Gasteiger partial charge is 1.00 e. The molecule has 0 spiro atoms. The van der Waals surface area contributed by atoms with Gasteiger partial charge in [0.15, 0.2) is 0 Å². The van der Waals surface area contributed by atoms with Gasteiger partial charge in [-0.3, -0.25) is 0 Å². The number of aliphatic hydroxyl groups is 1. The molecular formula is C15H26ClN2O2-. The van der Waals surface area contributed by atoms with E-state index < -0.39 is 0 Å². The van der Waals surface area contributed by atoms with Gasteiger partial charge < -0.3 is 32.5 Å². The van der Waals surface area contributed by atoms with Crippen LogP contribution in [0.3, 0.4) is 0 Å². The molecule has 1 aromatic rings. The number of rotatable bonds is 10. The second-order valence-electron chi connectivity index (χ2n) is 4.35. The van der Waals surface area contributed by atoms with Crippen LogP contribution in [0.1, 0.15) is 19.4 Å². The maximum absolute atomic E-state index is 8.56. The zero-order chi connectivity index (χ0) is 13.9. The third-order valence-electron chi connectivity index (χ3n) is 3.05. The lowest BCUT2D eigenvalue weighted by Gasteiger charge is -2.21. The smallest absolute Gasteiger partial charge is 0.0698 e. The zero-order valence-corrected chi connectivity index (χ0v) is 13.2. The molecule has 20 heavy (non-hydrogen) atoms. The van der Waals surface area contributed by atoms with E-state index in [1.807, 2.05) is 0 Å². The minimum atomic E-state index is 0. The van der Waals surface area contributed by atoms with Crippen molar-refractivity contribution in [2.75, 3.05) is 44.4 Å². The molecular weight excluding hydrogens is 276 g/mol. The van der Waals surface area contributed by atoms with Gasteiger partial charge in [0.05, 0.1) is 19.8 Å². The van der Waals surface area contributed by atoms with Gasteiger partial charge in [0, 0.05) is 31.9 Å². The molecule has 1 aromatic carbocycles. The molecule has 0 radical (unpaired) electrons. The fourth-order valence-electron chi connectivity index (χ4n) is 1.96. The van der Waals surface area contributed by atoms with Crippen LogP contribution in [0.5, 0.6) is 0 Å². The molecule has 0 aliphatic rings. The molecule has 5 heteroatoms. The standard InChI is InChI=1S/C15H26N2O2.ClH/c1-3-17(4-2)15-7-5-14(6-8-15)13-16-9-11-19-12-10-18;/h5-8,16,18H,3-4,9-13H2,1-2H3;1H/p-1. The Morgan fingerprint density at radius 2 is 1.75 bits per heavy atom. The van der Waals surface area contributed by atoms with Gasteiger partial charge in [-0.15, -0.1) is 0 Å². The monoisotopic (exact) mass is 301 g/mol. The average molecular weight is 302 g/mol. The van der Waals surface area contributed by atoms with Crippen LogP contribution in [0.4, 0.5) is 5.69 Å². The summed E-state index contributed by atoms with van der Waals surface area (Å²) in [7, 11) is 0. The lowest BCUT2D eigenvalue weighted by Crippen LogP contribution is -3.00. The highest BCUT2D eigenvalue weighted by Gasteiger charge is 2.01. The topological polar surface area (TPSA) is 44.7 Å². The summed E-state index contributed by atoms with van der Waals surface area (Å²) in [5, 5.41) is 11.9. The van der Waals surface area contributed by atoms with Crippen molar-refractivity contribution in [3.05, 3.63) is 29.8 Å². The van der Waals surface area contributed by atoms with Crippen molar-refractivity contribution < 1.29 is 22.3 Å². The highest BCUT2D eigenvalue weighted by molar-refractivity contribution is 5.47. The van der Waals surface area contributed by atoms with E-state index >= 15 is 0 Å². The number of halogens is 1. The molecule has 0 aromatic heterocycles. The Morgan fingerprint density at radius 3 is 2.30 bits per heavy atom. The van der Waals surface area contributed by atoms with Gasteiger partial charge >= 0.3 is 0 Å². The van der Waals surface area contributed by atoms with Crippen molar-refractivity contribution in [2.24, 2.45) is 0 Å². The van der Waals surface area contributed by atoms with Crippen LogP contribution in [0.15, 0.2) is 24.3 Å². The molecule has 1 rings (SSSR count). The Bertz CT molecular complexity index is 329. The molecule has 116 valence electrons. The quantitative estimate of drug-likeness (QED) is 0.524. The lowest BCUT2D eigenvalue weighted by molar-refractivity contribution is -0.00000524. The van der Waals surface area contributed by atoms with Crippen molar-refractivity contribution in [1.82, 2.24) is 5.32 Å². The third-order valence-corrected chi connectivity index (χ3v) is 3.05. The molecule has 0 fully saturated rings. The van der Waals surface area contributed by atoms with Crippen LogP contribution in [0.2, 0.25) is 0 Å². The van der Waals surface area contributed by atoms with E-state index in [4.69, 9.17) is 9.84 Å². The molecule has 0 saturated heterocycles. The Kier molecular flexibility index (Phi) is 11.5. The Balaban J connectivity index is 0.00000361. The zero-order valence-electron chi connectivity index (χ0n) is 12.4. The van der Waals surface area contributed by atoms with Gasteiger partial charge in [-0.25, -0.2) is 0 Å². The van der Waals surface area contributed by atoms with E-state index in [1.165, 1.54) is 11.3 Å². The summed E-state index contributed by atoms with van der Waals surface area (Å²) in [5.41, 5.74) is 2.55. The van der Waals surface area contributed by atoms with E-state index in [2.05, 4.69) is 48.3 Å². The van der Waals surface area contributed by atoms with Crippen LogP contribution in [-0.4, -0.2) is 44.6 Å². The first-order chi connectivity index (χ1) is 9.31. The molecule has 0 amide bonds. The minimum absolute atomic E-state index is 0. The SMILES string of the molecule is CCN(CC)c1ccc(CNCCOCCO)cc1.[Cl-]. The number of nitrogens with zero attached hydrogens (tertiary/aromatic N) is 1. The Labute approximate surface area is 128 Å². The van der Waals surface area contributed by atoms with Crippen LogP contribution in [-0.2, 0) is 11.3 Å². The van der Waals surface area contributed by atoms with E-state index in [0.717, 1.165) is 26.2 Å². The highest BCUT2D eigenvalue weighted by atomic mass is 35.5. The van der Waals surface area contributed by atoms with Crippen LogP contribution in [0, 0.1) is 0 Å². The average Bonchev–Trinajstić information content (AvgIpc) is 2.45. The molecule has 0 unspecified atom stereocenters. The number of anilines is 1. The van der Waals surface area contributed by atoms with Crippen molar-refractivity contribution >= 4 is 5.69 Å². The molecule has 0 bridgehead atoms. The first-order valence-electron chi connectivity index (χ1n) is 7.05. The maximum atomic E-state index is 8.56. The lowest BCUT2D eigenvalue weighted by atomic mass is 10.2. The van der Waals surface area contributed by atoms with Gasteiger partial charge in [0.1, 0.15) is 0 Å². The number of aliphatic hydroxyl groups excluding tert-OH is 1. The number of nitrogens with one attached hydrogen (secondary N) is 1. The van der Waals surface area contributed by atoms with Crippen LogP contribution < -0.4 is 22.6 Å². The van der Waals surface area contributed by atoms with Gasteiger partial charge in [0.2, 0.25) is 0 Å². The summed E-state index contributed by atoms with van der Waals surface area (Å²) in [6.07, 6.45) is 0. The van der Waals surface area contributed by atoms with Gasteiger partial charge in [0.25, 0.3) is 0 Å². The van der Waals surface area contributed by atoms with Gasteiger partial charge in [-0.05, 0) is 31.5 Å². The molecule has 0 saturated carbocycles. The fraction of sp³-hybridized carbons (Fsp3) is 0.600. The van der Waals surface area contributed by atoms with Gasteiger partial charge in [-0.2, -0.15) is 0 Å². The number of hydrogen-bond acceptors (Lipinski definition) is 4. The van der Waals surface area contributed by atoms with Crippen molar-refractivity contribution in [2.45, 2.75) is 20.4 Å². The molecule has 0 heterocycles. The molecule has 0 atom stereocenters. The molecule has 2 N–H and O–H groups in total. The van der Waals surface area contributed by atoms with Crippen molar-refractivity contribution in [3.8, 4) is 0 Å². The number of hydrogen-bond donors (Lipinski definition) is 2. The second-order valence-corrected chi connectivity index (χ2v) is 4.35. The summed E-state index contributed by atoms with van der Waals surface area (Å²) in [4.78, 5) is 2.33. The van der Waals surface area contributed by atoms with Gasteiger partial charge in [-0.1, -0.05) is 12.1 Å². The fourth-order valence-corrected chi connectivity index (χ4v) is 1.96. The third kappa shape index (κ3) is 7.10. The first kappa shape index (κ1) is 19.2. The first-order valence-corrected chi connectivity index (χ1v) is 7.05. The second kappa shape index (κ2) is 12.0. The Hall–Kier alpha value is -0.810. The summed E-state index contributed by atoms with van der Waals surface area (Å²) in [5.74, 6) is 0. The molecule has 0 aliphatic heterocycles. The highest BCUT2D eigenvalue weighted by Crippen LogP contribution is 2.14. The van der Waals surface area contributed by atoms with E-state index in [1.54, 1.807) is 0 Å². The molecule has 4 nitrogen and oxygen atoms in total.